The highest BCUT2D eigenvalue weighted by atomic mass is 35.7. The van der Waals surface area contributed by atoms with Crippen LogP contribution >= 0.6 is 10.7 Å². The first-order valence-electron chi connectivity index (χ1n) is 5.03. The lowest BCUT2D eigenvalue weighted by atomic mass is 10.3. The predicted octanol–water partition coefficient (Wildman–Crippen LogP) is 1.02. The van der Waals surface area contributed by atoms with Crippen molar-refractivity contribution in [1.29, 1.82) is 0 Å². The van der Waals surface area contributed by atoms with Crippen molar-refractivity contribution in [3.8, 4) is 18.1 Å². The number of hydrogen-bond acceptors (Lipinski definition) is 4. The van der Waals surface area contributed by atoms with Gasteiger partial charge in [-0.05, 0) is 12.1 Å². The van der Waals surface area contributed by atoms with Crippen molar-refractivity contribution in [2.24, 2.45) is 0 Å². The Kier molecular flexibility index (Phi) is 5.30. The quantitative estimate of drug-likeness (QED) is 0.648. The zero-order chi connectivity index (χ0) is 15.3. The van der Waals surface area contributed by atoms with E-state index in [1.165, 1.54) is 0 Å². The van der Waals surface area contributed by atoms with Crippen LogP contribution in [0.3, 0.4) is 0 Å². The lowest BCUT2D eigenvalue weighted by Gasteiger charge is -2.08. The first kappa shape index (κ1) is 16.2. The van der Waals surface area contributed by atoms with E-state index in [-0.39, 0.29) is 6.54 Å². The Morgan fingerprint density at radius 1 is 1.40 bits per heavy atom. The van der Waals surface area contributed by atoms with Crippen molar-refractivity contribution in [3.05, 3.63) is 23.8 Å². The van der Waals surface area contributed by atoms with Gasteiger partial charge in [-0.15, -0.1) is 6.42 Å². The van der Waals surface area contributed by atoms with Crippen molar-refractivity contribution in [2.75, 3.05) is 13.2 Å². The molecule has 0 bridgehead atoms. The Balaban J connectivity index is 2.87. The molecule has 20 heavy (non-hydrogen) atoms. The molecule has 0 radical (unpaired) electrons. The Bertz CT molecular complexity index is 670. The smallest absolute Gasteiger partial charge is 0.264 e. The molecular weight excluding hydrogens is 316 g/mol. The lowest BCUT2D eigenvalue weighted by molar-refractivity contribution is -0.122. The van der Waals surface area contributed by atoms with Crippen molar-refractivity contribution >= 4 is 25.6 Å². The van der Waals surface area contributed by atoms with E-state index in [9.17, 15) is 22.0 Å². The molecule has 1 aromatic carbocycles. The first-order valence-corrected chi connectivity index (χ1v) is 7.34. The average Bonchev–Trinajstić information content (AvgIpc) is 2.36. The fourth-order valence-corrected chi connectivity index (χ4v) is 2.05. The number of carbonyl (C=O) groups is 1. The largest absolute Gasteiger partial charge is 0.481 e. The van der Waals surface area contributed by atoms with E-state index in [1.54, 1.807) is 0 Å². The molecule has 0 fully saturated rings. The summed E-state index contributed by atoms with van der Waals surface area (Å²) in [6.45, 7) is -0.645. The second-order valence-corrected chi connectivity index (χ2v) is 5.93. The standard InChI is InChI=1S/C11H8ClF2NO4S/c1-2-5-15-9(16)6-19-7-3-4-8(20(12,17)18)11(14)10(7)13/h1,3-4H,5-6H2,(H,15,16). The molecule has 0 spiro atoms. The SMILES string of the molecule is C#CCNC(=O)COc1ccc(S(=O)(=O)Cl)c(F)c1F. The fraction of sp³-hybridized carbons (Fsp3) is 0.182. The van der Waals surface area contributed by atoms with E-state index in [2.05, 4.69) is 11.2 Å². The van der Waals surface area contributed by atoms with E-state index in [1.807, 2.05) is 0 Å². The number of carbonyl (C=O) groups excluding carboxylic acids is 1. The van der Waals surface area contributed by atoms with Crippen molar-refractivity contribution in [2.45, 2.75) is 4.90 Å². The zero-order valence-electron chi connectivity index (χ0n) is 9.82. The van der Waals surface area contributed by atoms with E-state index in [4.69, 9.17) is 21.8 Å². The summed E-state index contributed by atoms with van der Waals surface area (Å²) in [5, 5.41) is 2.24. The molecule has 9 heteroatoms. The van der Waals surface area contributed by atoms with Crippen molar-refractivity contribution in [1.82, 2.24) is 5.32 Å². The molecule has 108 valence electrons. The van der Waals surface area contributed by atoms with Gasteiger partial charge >= 0.3 is 0 Å². The van der Waals surface area contributed by atoms with Gasteiger partial charge in [0.1, 0.15) is 4.90 Å². The van der Waals surface area contributed by atoms with Crippen LogP contribution in [0.4, 0.5) is 8.78 Å². The monoisotopic (exact) mass is 323 g/mol. The van der Waals surface area contributed by atoms with Gasteiger partial charge in [0.15, 0.2) is 18.2 Å². The summed E-state index contributed by atoms with van der Waals surface area (Å²) in [5.41, 5.74) is 0. The summed E-state index contributed by atoms with van der Waals surface area (Å²) in [6.07, 6.45) is 4.90. The fourth-order valence-electron chi connectivity index (χ4n) is 1.16. The Hall–Kier alpha value is -1.85. The summed E-state index contributed by atoms with van der Waals surface area (Å²) in [7, 11) is 0.499. The van der Waals surface area contributed by atoms with Crippen LogP contribution in [-0.4, -0.2) is 27.5 Å². The predicted molar refractivity (Wildman–Crippen MR) is 66.7 cm³/mol. The van der Waals surface area contributed by atoms with Gasteiger partial charge in [-0.1, -0.05) is 5.92 Å². The molecule has 0 saturated heterocycles. The molecular formula is C11H8ClF2NO4S. The number of amides is 1. The van der Waals surface area contributed by atoms with Crippen LogP contribution < -0.4 is 10.1 Å². The highest BCUT2D eigenvalue weighted by Gasteiger charge is 2.22. The Morgan fingerprint density at radius 3 is 2.60 bits per heavy atom. The third-order valence-corrected chi connectivity index (χ3v) is 3.36. The van der Waals surface area contributed by atoms with Crippen molar-refractivity contribution < 1.29 is 26.7 Å². The van der Waals surface area contributed by atoms with Crippen LogP contribution in [0, 0.1) is 24.0 Å². The Morgan fingerprint density at radius 2 is 2.05 bits per heavy atom. The molecule has 1 N–H and O–H groups in total. The summed E-state index contributed by atoms with van der Waals surface area (Å²) < 4.78 is 53.5. The number of hydrogen-bond donors (Lipinski definition) is 1. The average molecular weight is 324 g/mol. The molecule has 1 aromatic rings. The van der Waals surface area contributed by atoms with Crippen LogP contribution in [0.15, 0.2) is 17.0 Å². The van der Waals surface area contributed by atoms with Crippen LogP contribution in [0.1, 0.15) is 0 Å². The van der Waals surface area contributed by atoms with Gasteiger partial charge < -0.3 is 10.1 Å². The van der Waals surface area contributed by atoms with Gasteiger partial charge in [-0.25, -0.2) is 12.8 Å². The molecule has 0 aliphatic carbocycles. The molecule has 0 atom stereocenters. The topological polar surface area (TPSA) is 72.5 Å². The minimum absolute atomic E-state index is 0.0392. The zero-order valence-corrected chi connectivity index (χ0v) is 11.4. The maximum absolute atomic E-state index is 13.5. The first-order chi connectivity index (χ1) is 9.27. The highest BCUT2D eigenvalue weighted by molar-refractivity contribution is 8.13. The second kappa shape index (κ2) is 6.54. The van der Waals surface area contributed by atoms with Crippen molar-refractivity contribution in [3.63, 3.8) is 0 Å². The van der Waals surface area contributed by atoms with Crippen LogP contribution in [-0.2, 0) is 13.8 Å². The van der Waals surface area contributed by atoms with E-state index >= 15 is 0 Å². The molecule has 0 aliphatic heterocycles. The van der Waals surface area contributed by atoms with Crippen LogP contribution in [0.2, 0.25) is 0 Å². The van der Waals surface area contributed by atoms with E-state index < -0.39 is 43.8 Å². The van der Waals surface area contributed by atoms with Gasteiger partial charge in [-0.3, -0.25) is 4.79 Å². The van der Waals surface area contributed by atoms with Gasteiger partial charge in [0.2, 0.25) is 5.82 Å². The number of ether oxygens (including phenoxy) is 1. The van der Waals surface area contributed by atoms with E-state index in [0.29, 0.717) is 0 Å². The number of benzene rings is 1. The molecule has 0 heterocycles. The van der Waals surface area contributed by atoms with Crippen LogP contribution in [0.25, 0.3) is 0 Å². The number of halogens is 3. The molecule has 0 aliphatic rings. The maximum atomic E-state index is 13.5. The van der Waals surface area contributed by atoms with Gasteiger partial charge in [0.05, 0.1) is 6.54 Å². The normalized spacial score (nSPS) is 10.7. The molecule has 0 saturated carbocycles. The summed E-state index contributed by atoms with van der Waals surface area (Å²) in [6, 6.07) is 1.58. The van der Waals surface area contributed by atoms with Gasteiger partial charge in [-0.2, -0.15) is 4.39 Å². The lowest BCUT2D eigenvalue weighted by Crippen LogP contribution is -2.29. The third kappa shape index (κ3) is 4.08. The molecule has 0 aromatic heterocycles. The molecule has 1 rings (SSSR count). The number of rotatable bonds is 5. The number of terminal acetylenes is 1. The second-order valence-electron chi connectivity index (χ2n) is 3.40. The summed E-state index contributed by atoms with van der Waals surface area (Å²) in [4.78, 5) is 10.1. The van der Waals surface area contributed by atoms with Crippen LogP contribution in [0.5, 0.6) is 5.75 Å². The van der Waals surface area contributed by atoms with E-state index in [0.717, 1.165) is 12.1 Å². The minimum Gasteiger partial charge on any atom is -0.481 e. The maximum Gasteiger partial charge on any atom is 0.264 e. The summed E-state index contributed by atoms with van der Waals surface area (Å²) >= 11 is 0. The highest BCUT2D eigenvalue weighted by Crippen LogP contribution is 2.27. The molecule has 0 unspecified atom stereocenters. The third-order valence-electron chi connectivity index (χ3n) is 2.02. The Labute approximate surface area is 118 Å². The minimum atomic E-state index is -4.42. The molecule has 5 nitrogen and oxygen atoms in total. The summed E-state index contributed by atoms with van der Waals surface area (Å²) in [5.74, 6) is -2.36. The number of nitrogens with one attached hydrogen (secondary N) is 1. The molecule has 1 amide bonds. The van der Waals surface area contributed by atoms with Gasteiger partial charge in [0.25, 0.3) is 15.0 Å². The van der Waals surface area contributed by atoms with Gasteiger partial charge in [0, 0.05) is 10.7 Å².